The lowest BCUT2D eigenvalue weighted by atomic mass is 10.1. The second kappa shape index (κ2) is 7.12. The highest BCUT2D eigenvalue weighted by Crippen LogP contribution is 2.14. The van der Waals surface area contributed by atoms with Crippen molar-refractivity contribution >= 4 is 16.9 Å². The molecule has 0 aliphatic heterocycles. The van der Waals surface area contributed by atoms with Crippen LogP contribution in [0.25, 0.3) is 11.0 Å². The van der Waals surface area contributed by atoms with Crippen LogP contribution >= 0.6 is 0 Å². The number of aromatic nitrogens is 2. The predicted octanol–water partition coefficient (Wildman–Crippen LogP) is 2.75. The Kier molecular flexibility index (Phi) is 4.74. The molecule has 0 bridgehead atoms. The highest BCUT2D eigenvalue weighted by Gasteiger charge is 2.05. The van der Waals surface area contributed by atoms with Gasteiger partial charge in [0.25, 0.3) is 5.91 Å². The van der Waals surface area contributed by atoms with E-state index in [-0.39, 0.29) is 12.5 Å². The monoisotopic (exact) mass is 327 g/mol. The number of aromatic amines is 1. The highest BCUT2D eigenvalue weighted by molar-refractivity contribution is 5.77. The normalized spacial score (nSPS) is 10.8. The van der Waals surface area contributed by atoms with Crippen molar-refractivity contribution in [2.24, 2.45) is 0 Å². The summed E-state index contributed by atoms with van der Waals surface area (Å²) in [5.41, 5.74) is 3.03. The van der Waals surface area contributed by atoms with E-state index in [0.717, 1.165) is 22.4 Å². The molecule has 24 heavy (non-hydrogen) atoms. The van der Waals surface area contributed by atoms with Crippen LogP contribution in [0, 0.1) is 12.7 Å². The number of hydrogen-bond acceptors (Lipinski definition) is 3. The first kappa shape index (κ1) is 16.0. The molecule has 3 rings (SSSR count). The number of aryl methyl sites for hydroxylation is 1. The number of amides is 1. The van der Waals surface area contributed by atoms with Gasteiger partial charge in [-0.1, -0.05) is 12.1 Å². The molecule has 0 unspecified atom stereocenters. The number of H-pyrrole nitrogens is 1. The molecule has 3 aromatic rings. The summed E-state index contributed by atoms with van der Waals surface area (Å²) in [6, 6.07) is 11.7. The van der Waals surface area contributed by atoms with E-state index in [0.29, 0.717) is 18.7 Å². The zero-order valence-corrected chi connectivity index (χ0v) is 13.3. The van der Waals surface area contributed by atoms with Crippen molar-refractivity contribution < 1.29 is 13.9 Å². The molecule has 1 amide bonds. The van der Waals surface area contributed by atoms with E-state index >= 15 is 0 Å². The maximum atomic E-state index is 13.0. The number of carbonyl (C=O) groups excluding carboxylic acids is 1. The van der Waals surface area contributed by atoms with Crippen LogP contribution in [0.4, 0.5) is 4.39 Å². The van der Waals surface area contributed by atoms with E-state index in [1.54, 1.807) is 6.07 Å². The number of halogens is 1. The number of rotatable bonds is 6. The third-order valence-electron chi connectivity index (χ3n) is 3.57. The summed E-state index contributed by atoms with van der Waals surface area (Å²) in [4.78, 5) is 19.3. The lowest BCUT2D eigenvalue weighted by Crippen LogP contribution is -2.30. The number of nitrogens with one attached hydrogen (secondary N) is 2. The van der Waals surface area contributed by atoms with E-state index in [1.165, 1.54) is 18.2 Å². The molecule has 0 saturated heterocycles. The van der Waals surface area contributed by atoms with Gasteiger partial charge in [-0.3, -0.25) is 4.79 Å². The summed E-state index contributed by atoms with van der Waals surface area (Å²) < 4.78 is 18.3. The fraction of sp³-hybridized carbons (Fsp3) is 0.222. The molecule has 5 nitrogen and oxygen atoms in total. The van der Waals surface area contributed by atoms with Gasteiger partial charge < -0.3 is 15.0 Å². The molecule has 0 fully saturated rings. The first-order valence-electron chi connectivity index (χ1n) is 7.70. The molecule has 2 aromatic carbocycles. The van der Waals surface area contributed by atoms with Crippen LogP contribution in [0.1, 0.15) is 11.4 Å². The van der Waals surface area contributed by atoms with Gasteiger partial charge in [0.15, 0.2) is 6.61 Å². The van der Waals surface area contributed by atoms with Gasteiger partial charge in [0.05, 0.1) is 11.0 Å². The molecule has 0 radical (unpaired) electrons. The van der Waals surface area contributed by atoms with Crippen molar-refractivity contribution in [2.45, 2.75) is 13.3 Å². The molecule has 1 heterocycles. The van der Waals surface area contributed by atoms with Crippen LogP contribution in [0.2, 0.25) is 0 Å². The third-order valence-corrected chi connectivity index (χ3v) is 3.57. The fourth-order valence-electron chi connectivity index (χ4n) is 2.44. The average molecular weight is 327 g/mol. The minimum Gasteiger partial charge on any atom is -0.484 e. The smallest absolute Gasteiger partial charge is 0.257 e. The van der Waals surface area contributed by atoms with Gasteiger partial charge in [-0.25, -0.2) is 9.37 Å². The summed E-state index contributed by atoms with van der Waals surface area (Å²) in [6.45, 7) is 2.28. The van der Waals surface area contributed by atoms with Crippen molar-refractivity contribution in [3.8, 4) is 5.75 Å². The molecular weight excluding hydrogens is 309 g/mol. The summed E-state index contributed by atoms with van der Waals surface area (Å²) >= 11 is 0. The molecule has 2 N–H and O–H groups in total. The van der Waals surface area contributed by atoms with Gasteiger partial charge in [0.2, 0.25) is 0 Å². The minimum atomic E-state index is -0.391. The Labute approximate surface area is 138 Å². The fourth-order valence-corrected chi connectivity index (χ4v) is 2.44. The second-order valence-corrected chi connectivity index (χ2v) is 5.52. The van der Waals surface area contributed by atoms with Gasteiger partial charge in [-0.15, -0.1) is 0 Å². The van der Waals surface area contributed by atoms with E-state index < -0.39 is 5.82 Å². The number of benzene rings is 2. The van der Waals surface area contributed by atoms with Gasteiger partial charge in [0, 0.05) is 12.6 Å². The zero-order chi connectivity index (χ0) is 16.9. The minimum absolute atomic E-state index is 0.137. The lowest BCUT2D eigenvalue weighted by Gasteiger charge is -2.07. The van der Waals surface area contributed by atoms with Gasteiger partial charge in [0.1, 0.15) is 17.4 Å². The number of fused-ring (bicyclic) bond motifs is 1. The van der Waals surface area contributed by atoms with Crippen LogP contribution in [-0.4, -0.2) is 29.0 Å². The molecular formula is C18H18FN3O2. The number of ether oxygens (including phenoxy) is 1. The predicted molar refractivity (Wildman–Crippen MR) is 89.4 cm³/mol. The van der Waals surface area contributed by atoms with E-state index in [2.05, 4.69) is 15.3 Å². The summed E-state index contributed by atoms with van der Waals surface area (Å²) in [5, 5.41) is 2.79. The maximum Gasteiger partial charge on any atom is 0.257 e. The maximum absolute atomic E-state index is 13.0. The van der Waals surface area contributed by atoms with Gasteiger partial charge >= 0.3 is 0 Å². The molecule has 0 aliphatic rings. The van der Waals surface area contributed by atoms with Crippen LogP contribution in [0.3, 0.4) is 0 Å². The Morgan fingerprint density at radius 3 is 3.00 bits per heavy atom. The second-order valence-electron chi connectivity index (χ2n) is 5.52. The molecule has 0 aliphatic carbocycles. The van der Waals surface area contributed by atoms with E-state index in [4.69, 9.17) is 4.74 Å². The number of nitrogens with zero attached hydrogens (tertiary/aromatic N) is 1. The molecule has 124 valence electrons. The van der Waals surface area contributed by atoms with Crippen molar-refractivity contribution in [1.29, 1.82) is 0 Å². The Balaban J connectivity index is 1.45. The largest absolute Gasteiger partial charge is 0.484 e. The number of imidazole rings is 1. The summed E-state index contributed by atoms with van der Waals surface area (Å²) in [5.74, 6) is 0.588. The SMILES string of the molecule is Cc1nc2ccc(CCNC(=O)COc3cccc(F)c3)cc2[nH]1. The van der Waals surface area contributed by atoms with Crippen LogP contribution in [0.15, 0.2) is 42.5 Å². The molecule has 0 saturated carbocycles. The Morgan fingerprint density at radius 2 is 2.17 bits per heavy atom. The first-order chi connectivity index (χ1) is 11.6. The highest BCUT2D eigenvalue weighted by atomic mass is 19.1. The van der Waals surface area contributed by atoms with Crippen LogP contribution < -0.4 is 10.1 Å². The topological polar surface area (TPSA) is 67.0 Å². The van der Waals surface area contributed by atoms with E-state index in [9.17, 15) is 9.18 Å². The number of carbonyl (C=O) groups is 1. The molecule has 1 aromatic heterocycles. The van der Waals surface area contributed by atoms with E-state index in [1.807, 2.05) is 25.1 Å². The Bertz CT molecular complexity index is 860. The van der Waals surface area contributed by atoms with Crippen molar-refractivity contribution in [3.05, 3.63) is 59.7 Å². The zero-order valence-electron chi connectivity index (χ0n) is 13.3. The quantitative estimate of drug-likeness (QED) is 0.731. The average Bonchev–Trinajstić information content (AvgIpc) is 2.92. The lowest BCUT2D eigenvalue weighted by molar-refractivity contribution is -0.123. The Morgan fingerprint density at radius 1 is 1.29 bits per heavy atom. The standard InChI is InChI=1S/C18H18FN3O2/c1-12-21-16-6-5-13(9-17(16)22-12)7-8-20-18(23)11-24-15-4-2-3-14(19)10-15/h2-6,9-10H,7-8,11H2,1H3,(H,20,23)(H,21,22). The van der Waals surface area contributed by atoms with Crippen LogP contribution in [0.5, 0.6) is 5.75 Å². The molecule has 0 spiro atoms. The summed E-state index contributed by atoms with van der Waals surface area (Å²) in [6.07, 6.45) is 0.708. The number of hydrogen-bond donors (Lipinski definition) is 2. The van der Waals surface area contributed by atoms with Gasteiger partial charge in [-0.2, -0.15) is 0 Å². The van der Waals surface area contributed by atoms with Crippen molar-refractivity contribution in [3.63, 3.8) is 0 Å². The third kappa shape index (κ3) is 4.10. The van der Waals surface area contributed by atoms with Gasteiger partial charge in [-0.05, 0) is 43.2 Å². The van der Waals surface area contributed by atoms with Crippen LogP contribution in [-0.2, 0) is 11.2 Å². The first-order valence-corrected chi connectivity index (χ1v) is 7.70. The molecule has 0 atom stereocenters. The Hall–Kier alpha value is -2.89. The van der Waals surface area contributed by atoms with Crippen molar-refractivity contribution in [2.75, 3.05) is 13.2 Å². The summed E-state index contributed by atoms with van der Waals surface area (Å²) in [7, 11) is 0. The molecule has 6 heteroatoms. The van der Waals surface area contributed by atoms with Crippen molar-refractivity contribution in [1.82, 2.24) is 15.3 Å².